The van der Waals surface area contributed by atoms with Crippen molar-refractivity contribution in [3.63, 3.8) is 0 Å². The van der Waals surface area contributed by atoms with E-state index in [4.69, 9.17) is 4.74 Å². The number of aromatic amines is 1. The van der Waals surface area contributed by atoms with Gasteiger partial charge in [-0.2, -0.15) is 0 Å². The Labute approximate surface area is 153 Å². The van der Waals surface area contributed by atoms with Gasteiger partial charge in [-0.25, -0.2) is 4.98 Å². The van der Waals surface area contributed by atoms with E-state index in [2.05, 4.69) is 20.2 Å². The first-order valence-electron chi connectivity index (χ1n) is 8.99. The van der Waals surface area contributed by atoms with Gasteiger partial charge < -0.3 is 20.1 Å². The monoisotopic (exact) mass is 358 g/mol. The Morgan fingerprint density at radius 2 is 2.15 bits per heavy atom. The van der Waals surface area contributed by atoms with Crippen molar-refractivity contribution >= 4 is 5.91 Å². The van der Waals surface area contributed by atoms with E-state index in [1.807, 2.05) is 24.4 Å². The molecule has 1 unspecified atom stereocenters. The zero-order valence-electron chi connectivity index (χ0n) is 14.9. The number of aromatic nitrogens is 2. The molecule has 7 nitrogen and oxygen atoms in total. The maximum Gasteiger partial charge on any atom is 0.258 e. The lowest BCUT2D eigenvalue weighted by Gasteiger charge is -2.27. The summed E-state index contributed by atoms with van der Waals surface area (Å²) in [6.45, 7) is 2.71. The van der Waals surface area contributed by atoms with Crippen LogP contribution in [0.25, 0.3) is 0 Å². The van der Waals surface area contributed by atoms with Crippen LogP contribution in [-0.4, -0.2) is 57.7 Å². The molecule has 26 heavy (non-hydrogen) atoms. The van der Waals surface area contributed by atoms with Gasteiger partial charge in [0, 0.05) is 31.5 Å². The van der Waals surface area contributed by atoms with Crippen LogP contribution in [0.1, 0.15) is 25.0 Å². The standard InChI is InChI=1S/C19H26N4O3/c24-18(13-26-17-5-2-1-3-6-17)21-14-19(25)7-4-9-23(10-8-19)12-16-11-20-15-22-16/h1-3,5-6,11,15,25H,4,7-10,12-14H2,(H,20,22)(H,21,24). The molecule has 1 aliphatic heterocycles. The first-order valence-corrected chi connectivity index (χ1v) is 8.99. The molecule has 1 fully saturated rings. The van der Waals surface area contributed by atoms with Crippen molar-refractivity contribution in [1.29, 1.82) is 0 Å². The highest BCUT2D eigenvalue weighted by Crippen LogP contribution is 2.22. The summed E-state index contributed by atoms with van der Waals surface area (Å²) in [6.07, 6.45) is 5.69. The number of aliphatic hydroxyl groups is 1. The number of nitrogens with zero attached hydrogens (tertiary/aromatic N) is 2. The summed E-state index contributed by atoms with van der Waals surface area (Å²) >= 11 is 0. The van der Waals surface area contributed by atoms with Crippen molar-refractivity contribution in [2.45, 2.75) is 31.4 Å². The zero-order valence-corrected chi connectivity index (χ0v) is 14.9. The fourth-order valence-corrected chi connectivity index (χ4v) is 3.16. The van der Waals surface area contributed by atoms with Gasteiger partial charge in [0.1, 0.15) is 5.75 Å². The van der Waals surface area contributed by atoms with Gasteiger partial charge in [0.05, 0.1) is 11.9 Å². The molecule has 1 aromatic carbocycles. The average Bonchev–Trinajstić information content (AvgIpc) is 3.09. The SMILES string of the molecule is O=C(COc1ccccc1)NCC1(O)CCCN(Cc2cnc[nH]2)CC1. The summed E-state index contributed by atoms with van der Waals surface area (Å²) in [5.41, 5.74) is 0.201. The maximum atomic E-state index is 12.0. The van der Waals surface area contributed by atoms with E-state index in [1.165, 1.54) is 0 Å². The van der Waals surface area contributed by atoms with Crippen LogP contribution in [0.2, 0.25) is 0 Å². The Bertz CT molecular complexity index is 677. The Morgan fingerprint density at radius 3 is 2.92 bits per heavy atom. The smallest absolute Gasteiger partial charge is 0.258 e. The molecular formula is C19H26N4O3. The fourth-order valence-electron chi connectivity index (χ4n) is 3.16. The van der Waals surface area contributed by atoms with E-state index in [0.29, 0.717) is 18.6 Å². The van der Waals surface area contributed by atoms with Crippen molar-refractivity contribution in [2.24, 2.45) is 0 Å². The molecule has 1 atom stereocenters. The molecule has 0 aliphatic carbocycles. The zero-order chi connectivity index (χ0) is 18.2. The number of hydrogen-bond acceptors (Lipinski definition) is 5. The molecule has 1 aromatic heterocycles. The topological polar surface area (TPSA) is 90.5 Å². The number of para-hydroxylation sites is 1. The van der Waals surface area contributed by atoms with Crippen LogP contribution in [0.3, 0.4) is 0 Å². The van der Waals surface area contributed by atoms with Gasteiger partial charge in [-0.3, -0.25) is 9.69 Å². The van der Waals surface area contributed by atoms with E-state index in [1.54, 1.807) is 18.5 Å². The Kier molecular flexibility index (Phi) is 6.25. The second-order valence-corrected chi connectivity index (χ2v) is 6.81. The number of hydrogen-bond donors (Lipinski definition) is 3. The van der Waals surface area contributed by atoms with Gasteiger partial charge in [0.25, 0.3) is 5.91 Å². The number of amides is 1. The van der Waals surface area contributed by atoms with Crippen LogP contribution in [0.5, 0.6) is 5.75 Å². The minimum atomic E-state index is -0.870. The molecule has 1 aliphatic rings. The third kappa shape index (κ3) is 5.57. The molecule has 7 heteroatoms. The minimum Gasteiger partial charge on any atom is -0.484 e. The normalized spacial score (nSPS) is 21.1. The predicted molar refractivity (Wildman–Crippen MR) is 97.6 cm³/mol. The van der Waals surface area contributed by atoms with E-state index in [0.717, 1.165) is 31.7 Å². The quantitative estimate of drug-likeness (QED) is 0.695. The highest BCUT2D eigenvalue weighted by molar-refractivity contribution is 5.77. The number of carbonyl (C=O) groups excluding carboxylic acids is 1. The van der Waals surface area contributed by atoms with Gasteiger partial charge >= 0.3 is 0 Å². The molecule has 0 radical (unpaired) electrons. The summed E-state index contributed by atoms with van der Waals surface area (Å²) in [4.78, 5) is 21.4. The summed E-state index contributed by atoms with van der Waals surface area (Å²) in [6, 6.07) is 9.22. The fraction of sp³-hybridized carbons (Fsp3) is 0.474. The summed E-state index contributed by atoms with van der Waals surface area (Å²) in [5.74, 6) is 0.436. The second-order valence-electron chi connectivity index (χ2n) is 6.81. The van der Waals surface area contributed by atoms with Crippen LogP contribution >= 0.6 is 0 Å². The number of nitrogens with one attached hydrogen (secondary N) is 2. The first-order chi connectivity index (χ1) is 12.6. The van der Waals surface area contributed by atoms with E-state index >= 15 is 0 Å². The molecule has 2 heterocycles. The second kappa shape index (κ2) is 8.82. The summed E-state index contributed by atoms with van der Waals surface area (Å²) in [7, 11) is 0. The minimum absolute atomic E-state index is 0.0496. The highest BCUT2D eigenvalue weighted by atomic mass is 16.5. The van der Waals surface area contributed by atoms with Crippen LogP contribution in [0.15, 0.2) is 42.9 Å². The van der Waals surface area contributed by atoms with Gasteiger partial charge in [-0.05, 0) is 37.9 Å². The van der Waals surface area contributed by atoms with Gasteiger partial charge in [0.2, 0.25) is 0 Å². The number of benzene rings is 1. The van der Waals surface area contributed by atoms with E-state index in [9.17, 15) is 9.90 Å². The van der Waals surface area contributed by atoms with E-state index in [-0.39, 0.29) is 19.1 Å². The number of ether oxygens (including phenoxy) is 1. The summed E-state index contributed by atoms with van der Waals surface area (Å²) in [5, 5.41) is 13.6. The van der Waals surface area contributed by atoms with Crippen LogP contribution in [-0.2, 0) is 11.3 Å². The Morgan fingerprint density at radius 1 is 1.31 bits per heavy atom. The van der Waals surface area contributed by atoms with Gasteiger partial charge in [-0.1, -0.05) is 18.2 Å². The molecule has 1 saturated heterocycles. The van der Waals surface area contributed by atoms with Gasteiger partial charge in [0.15, 0.2) is 6.61 Å². The summed E-state index contributed by atoms with van der Waals surface area (Å²) < 4.78 is 5.43. The lowest BCUT2D eigenvalue weighted by Crippen LogP contribution is -2.44. The van der Waals surface area contributed by atoms with Crippen molar-refractivity contribution in [1.82, 2.24) is 20.2 Å². The third-order valence-electron chi connectivity index (χ3n) is 4.69. The molecule has 0 saturated carbocycles. The van der Waals surface area contributed by atoms with Crippen molar-refractivity contribution < 1.29 is 14.6 Å². The number of H-pyrrole nitrogens is 1. The number of carbonyl (C=O) groups is 1. The largest absolute Gasteiger partial charge is 0.484 e. The first kappa shape index (κ1) is 18.4. The molecule has 3 N–H and O–H groups in total. The van der Waals surface area contributed by atoms with Crippen LogP contribution in [0, 0.1) is 0 Å². The maximum absolute atomic E-state index is 12.0. The van der Waals surface area contributed by atoms with E-state index < -0.39 is 5.60 Å². The lowest BCUT2D eigenvalue weighted by molar-refractivity contribution is -0.124. The molecule has 140 valence electrons. The van der Waals surface area contributed by atoms with Crippen LogP contribution in [0.4, 0.5) is 0 Å². The highest BCUT2D eigenvalue weighted by Gasteiger charge is 2.30. The molecule has 1 amide bonds. The predicted octanol–water partition coefficient (Wildman–Crippen LogP) is 1.32. The molecular weight excluding hydrogens is 332 g/mol. The molecule has 2 aromatic rings. The van der Waals surface area contributed by atoms with Crippen LogP contribution < -0.4 is 10.1 Å². The van der Waals surface area contributed by atoms with Gasteiger partial charge in [-0.15, -0.1) is 0 Å². The Balaban J connectivity index is 1.41. The number of likely N-dealkylation sites (tertiary alicyclic amines) is 1. The van der Waals surface area contributed by atoms with Crippen molar-refractivity contribution in [3.05, 3.63) is 48.5 Å². The van der Waals surface area contributed by atoms with Crippen molar-refractivity contribution in [3.8, 4) is 5.75 Å². The number of imidazole rings is 1. The molecule has 0 spiro atoms. The lowest BCUT2D eigenvalue weighted by atomic mass is 9.95. The third-order valence-corrected chi connectivity index (χ3v) is 4.69. The average molecular weight is 358 g/mol. The Hall–Kier alpha value is -2.38. The number of rotatable bonds is 7. The molecule has 0 bridgehead atoms. The molecule has 3 rings (SSSR count). The van der Waals surface area contributed by atoms with Crippen molar-refractivity contribution in [2.75, 3.05) is 26.2 Å².